The summed E-state index contributed by atoms with van der Waals surface area (Å²) in [6, 6.07) is 11.6. The highest BCUT2D eigenvalue weighted by molar-refractivity contribution is 5.82. The zero-order chi connectivity index (χ0) is 13.1. The number of aliphatic hydroxyl groups excluding tert-OH is 2. The number of hydrogen-bond acceptors (Lipinski definition) is 4. The summed E-state index contributed by atoms with van der Waals surface area (Å²) in [4.78, 5) is 0. The van der Waals surface area contributed by atoms with Crippen molar-refractivity contribution in [3.05, 3.63) is 59.7 Å². The van der Waals surface area contributed by atoms with Crippen LogP contribution in [0.5, 0.6) is 11.5 Å². The molecule has 0 spiro atoms. The van der Waals surface area contributed by atoms with Crippen LogP contribution in [0, 0.1) is 0 Å². The molecule has 0 heterocycles. The van der Waals surface area contributed by atoms with Crippen LogP contribution in [-0.2, 0) is 0 Å². The van der Waals surface area contributed by atoms with E-state index in [2.05, 4.69) is 0 Å². The largest absolute Gasteiger partial charge is 0.508 e. The first-order valence-corrected chi connectivity index (χ1v) is 5.29. The fourth-order valence-electron chi connectivity index (χ4n) is 1.51. The van der Waals surface area contributed by atoms with E-state index in [4.69, 9.17) is 10.2 Å². The van der Waals surface area contributed by atoms with Crippen molar-refractivity contribution in [3.8, 4) is 11.5 Å². The molecule has 0 bridgehead atoms. The van der Waals surface area contributed by atoms with E-state index in [1.165, 1.54) is 48.5 Å². The first kappa shape index (κ1) is 11.9. The minimum Gasteiger partial charge on any atom is -0.508 e. The van der Waals surface area contributed by atoms with E-state index in [1.54, 1.807) is 0 Å². The lowest BCUT2D eigenvalue weighted by molar-refractivity contribution is 0.457. The molecule has 2 aromatic carbocycles. The minimum atomic E-state index is -0.291. The molecule has 0 atom stereocenters. The van der Waals surface area contributed by atoms with Gasteiger partial charge in [-0.2, -0.15) is 0 Å². The van der Waals surface area contributed by atoms with Crippen molar-refractivity contribution < 1.29 is 20.4 Å². The summed E-state index contributed by atoms with van der Waals surface area (Å²) in [7, 11) is 0. The van der Waals surface area contributed by atoms with Gasteiger partial charge in [-0.1, -0.05) is 0 Å². The quantitative estimate of drug-likeness (QED) is 0.483. The average molecular weight is 244 g/mol. The molecule has 0 fully saturated rings. The van der Waals surface area contributed by atoms with E-state index in [0.717, 1.165) is 0 Å². The monoisotopic (exact) mass is 244 g/mol. The number of phenolic OH excluding ortho intramolecular Hbond substituents is 2. The summed E-state index contributed by atoms with van der Waals surface area (Å²) in [5.74, 6) is -0.423. The van der Waals surface area contributed by atoms with Crippen LogP contribution >= 0.6 is 0 Å². The first-order chi connectivity index (χ1) is 8.58. The Labute approximate surface area is 104 Å². The molecule has 18 heavy (non-hydrogen) atoms. The number of aliphatic hydroxyl groups is 2. The Balaban J connectivity index is 2.40. The Morgan fingerprint density at radius 2 is 0.833 bits per heavy atom. The van der Waals surface area contributed by atoms with Gasteiger partial charge in [-0.3, -0.25) is 0 Å². The zero-order valence-corrected chi connectivity index (χ0v) is 9.41. The molecule has 0 saturated carbocycles. The van der Waals surface area contributed by atoms with Gasteiger partial charge in [0.2, 0.25) is 0 Å². The number of phenols is 2. The normalized spacial score (nSPS) is 12.0. The second-order valence-electron chi connectivity index (χ2n) is 3.79. The molecule has 2 aromatic rings. The number of aromatic hydroxyl groups is 2. The first-order valence-electron chi connectivity index (χ1n) is 5.29. The van der Waals surface area contributed by atoms with Gasteiger partial charge in [-0.05, 0) is 48.5 Å². The maximum absolute atomic E-state index is 9.89. The van der Waals surface area contributed by atoms with E-state index in [-0.39, 0.29) is 23.0 Å². The van der Waals surface area contributed by atoms with Crippen LogP contribution in [0.4, 0.5) is 0 Å². The molecule has 4 N–H and O–H groups in total. The van der Waals surface area contributed by atoms with Gasteiger partial charge in [0.1, 0.15) is 11.5 Å². The number of hydrogen-bond donors (Lipinski definition) is 4. The molecule has 0 aliphatic heterocycles. The number of benzene rings is 2. The van der Waals surface area contributed by atoms with E-state index < -0.39 is 0 Å². The summed E-state index contributed by atoms with van der Waals surface area (Å²) < 4.78 is 0. The zero-order valence-electron chi connectivity index (χ0n) is 9.41. The molecule has 0 unspecified atom stereocenters. The second-order valence-corrected chi connectivity index (χ2v) is 3.79. The highest BCUT2D eigenvalue weighted by Gasteiger charge is 2.09. The SMILES string of the molecule is OC(=C(O)c1ccc(O)cc1)c1ccc(O)cc1. The highest BCUT2D eigenvalue weighted by Crippen LogP contribution is 2.24. The van der Waals surface area contributed by atoms with Gasteiger partial charge in [-0.25, -0.2) is 0 Å². The molecular formula is C14H12O4. The van der Waals surface area contributed by atoms with Gasteiger partial charge >= 0.3 is 0 Å². The summed E-state index contributed by atoms with van der Waals surface area (Å²) in [6.07, 6.45) is 0. The van der Waals surface area contributed by atoms with Crippen molar-refractivity contribution in [1.29, 1.82) is 0 Å². The molecule has 0 aliphatic carbocycles. The van der Waals surface area contributed by atoms with Gasteiger partial charge in [0.05, 0.1) is 0 Å². The molecule has 92 valence electrons. The van der Waals surface area contributed by atoms with Crippen LogP contribution in [0.2, 0.25) is 0 Å². The van der Waals surface area contributed by atoms with Crippen LogP contribution in [-0.4, -0.2) is 20.4 Å². The highest BCUT2D eigenvalue weighted by atomic mass is 16.3. The fourth-order valence-corrected chi connectivity index (χ4v) is 1.51. The molecule has 4 heteroatoms. The molecule has 0 aromatic heterocycles. The summed E-state index contributed by atoms with van der Waals surface area (Å²) in [5, 5.41) is 38.0. The maximum atomic E-state index is 9.89. The van der Waals surface area contributed by atoms with Gasteiger partial charge in [0.15, 0.2) is 11.5 Å². The van der Waals surface area contributed by atoms with E-state index >= 15 is 0 Å². The van der Waals surface area contributed by atoms with Gasteiger partial charge in [-0.15, -0.1) is 0 Å². The molecule has 2 rings (SSSR count). The Morgan fingerprint density at radius 3 is 1.11 bits per heavy atom. The van der Waals surface area contributed by atoms with Crippen molar-refractivity contribution in [1.82, 2.24) is 0 Å². The van der Waals surface area contributed by atoms with Crippen molar-refractivity contribution in [2.45, 2.75) is 0 Å². The molecule has 0 radical (unpaired) electrons. The Bertz CT molecular complexity index is 514. The fraction of sp³-hybridized carbons (Fsp3) is 0. The molecule has 4 nitrogen and oxygen atoms in total. The van der Waals surface area contributed by atoms with Crippen LogP contribution in [0.1, 0.15) is 11.1 Å². The van der Waals surface area contributed by atoms with Crippen LogP contribution in [0.3, 0.4) is 0 Å². The third kappa shape index (κ3) is 2.38. The molecule has 0 saturated heterocycles. The maximum Gasteiger partial charge on any atom is 0.165 e. The van der Waals surface area contributed by atoms with E-state index in [1.807, 2.05) is 0 Å². The minimum absolute atomic E-state index is 0.0793. The standard InChI is InChI=1S/C14H12O4/c15-11-5-1-9(2-6-11)13(17)14(18)10-3-7-12(16)8-4-10/h1-8,15-18H. The lowest BCUT2D eigenvalue weighted by Crippen LogP contribution is -1.90. The van der Waals surface area contributed by atoms with E-state index in [9.17, 15) is 10.2 Å². The average Bonchev–Trinajstić information content (AvgIpc) is 2.39. The Kier molecular flexibility index (Phi) is 3.10. The van der Waals surface area contributed by atoms with Gasteiger partial charge in [0.25, 0.3) is 0 Å². The lowest BCUT2D eigenvalue weighted by Gasteiger charge is -2.06. The summed E-state index contributed by atoms with van der Waals surface area (Å²) in [5.41, 5.74) is 0.775. The van der Waals surface area contributed by atoms with Crippen molar-refractivity contribution >= 4 is 11.5 Å². The smallest absolute Gasteiger partial charge is 0.165 e. The van der Waals surface area contributed by atoms with Gasteiger partial charge < -0.3 is 20.4 Å². The number of rotatable bonds is 2. The third-order valence-corrected chi connectivity index (χ3v) is 2.51. The van der Waals surface area contributed by atoms with Crippen LogP contribution in [0.15, 0.2) is 48.5 Å². The third-order valence-electron chi connectivity index (χ3n) is 2.51. The second kappa shape index (κ2) is 4.71. The van der Waals surface area contributed by atoms with Gasteiger partial charge in [0, 0.05) is 11.1 Å². The van der Waals surface area contributed by atoms with Crippen LogP contribution < -0.4 is 0 Å². The Morgan fingerprint density at radius 1 is 0.556 bits per heavy atom. The van der Waals surface area contributed by atoms with Crippen LogP contribution in [0.25, 0.3) is 11.5 Å². The summed E-state index contributed by atoms with van der Waals surface area (Å²) >= 11 is 0. The molecular weight excluding hydrogens is 232 g/mol. The summed E-state index contributed by atoms with van der Waals surface area (Å²) in [6.45, 7) is 0. The lowest BCUT2D eigenvalue weighted by atomic mass is 10.1. The van der Waals surface area contributed by atoms with E-state index in [0.29, 0.717) is 11.1 Å². The molecule has 0 amide bonds. The Hall–Kier alpha value is -2.62. The predicted molar refractivity (Wildman–Crippen MR) is 68.3 cm³/mol. The van der Waals surface area contributed by atoms with Crippen molar-refractivity contribution in [3.63, 3.8) is 0 Å². The topological polar surface area (TPSA) is 80.9 Å². The van der Waals surface area contributed by atoms with Crippen molar-refractivity contribution in [2.24, 2.45) is 0 Å². The van der Waals surface area contributed by atoms with Crippen molar-refractivity contribution in [2.75, 3.05) is 0 Å². The molecule has 0 aliphatic rings. The predicted octanol–water partition coefficient (Wildman–Crippen LogP) is 3.04.